The molecular formula is C27H37F5N4O6. The molecule has 3 saturated heterocycles. The number of alkyl halides is 5. The Hall–Kier alpha value is -2.55. The van der Waals surface area contributed by atoms with E-state index >= 15 is 0 Å². The standard InChI is InChI=1S/C27H37F5N4O6/c1-23(2,3)41-22(39)36-14-24(6-4-7-24)18(37)13-16(36)20(38)35-11-9-25(10-12-35,27(30,31)32)21-33-19(42-34-21)17-5-8-26(28,29)15-40-17/h16-18,37H,4-15H2,1-3H3/t16-,17?,18+/m0/s1. The number of aliphatic hydroxyl groups is 1. The highest BCUT2D eigenvalue weighted by atomic mass is 19.4. The topological polar surface area (TPSA) is 118 Å². The highest BCUT2D eigenvalue weighted by Gasteiger charge is 2.61. The van der Waals surface area contributed by atoms with Crippen LogP contribution in [-0.2, 0) is 19.7 Å². The highest BCUT2D eigenvalue weighted by molar-refractivity contribution is 5.86. The first-order valence-corrected chi connectivity index (χ1v) is 14.3. The van der Waals surface area contributed by atoms with Crippen LogP contribution in [0.4, 0.5) is 26.7 Å². The molecule has 1 aromatic heterocycles. The van der Waals surface area contributed by atoms with E-state index < -0.39 is 90.5 Å². The molecule has 5 rings (SSSR count). The molecule has 15 heteroatoms. The zero-order valence-electron chi connectivity index (χ0n) is 23.9. The van der Waals surface area contributed by atoms with Gasteiger partial charge in [-0.05, 0) is 52.9 Å². The highest BCUT2D eigenvalue weighted by Crippen LogP contribution is 2.51. The van der Waals surface area contributed by atoms with E-state index in [1.54, 1.807) is 20.8 Å². The number of likely N-dealkylation sites (tertiary alicyclic amines) is 2. The molecule has 2 amide bonds. The van der Waals surface area contributed by atoms with Gasteiger partial charge in [0.2, 0.25) is 5.91 Å². The van der Waals surface area contributed by atoms with Crippen molar-refractivity contribution >= 4 is 12.0 Å². The molecule has 0 bridgehead atoms. The van der Waals surface area contributed by atoms with E-state index in [0.29, 0.717) is 12.8 Å². The second-order valence-corrected chi connectivity index (χ2v) is 13.1. The average molecular weight is 609 g/mol. The molecule has 3 aliphatic heterocycles. The van der Waals surface area contributed by atoms with Crippen molar-refractivity contribution in [3.05, 3.63) is 11.7 Å². The summed E-state index contributed by atoms with van der Waals surface area (Å²) in [6.07, 6.45) is -6.97. The molecule has 4 fully saturated rings. The fourth-order valence-corrected chi connectivity index (χ4v) is 6.44. The van der Waals surface area contributed by atoms with Crippen LogP contribution in [0.25, 0.3) is 0 Å². The molecule has 4 heterocycles. The Kier molecular flexibility index (Phi) is 7.77. The third kappa shape index (κ3) is 5.70. The summed E-state index contributed by atoms with van der Waals surface area (Å²) in [4.78, 5) is 33.4. The van der Waals surface area contributed by atoms with Crippen LogP contribution < -0.4 is 0 Å². The van der Waals surface area contributed by atoms with Gasteiger partial charge >= 0.3 is 12.3 Å². The molecule has 1 unspecified atom stereocenters. The number of hydrogen-bond donors (Lipinski definition) is 1. The molecule has 1 aromatic rings. The van der Waals surface area contributed by atoms with E-state index in [9.17, 15) is 36.6 Å². The molecule has 10 nitrogen and oxygen atoms in total. The number of hydrogen-bond acceptors (Lipinski definition) is 8. The van der Waals surface area contributed by atoms with E-state index in [-0.39, 0.29) is 38.4 Å². The van der Waals surface area contributed by atoms with E-state index in [1.165, 1.54) is 9.80 Å². The van der Waals surface area contributed by atoms with Crippen molar-refractivity contribution in [2.75, 3.05) is 26.2 Å². The van der Waals surface area contributed by atoms with E-state index in [0.717, 1.165) is 6.42 Å². The minimum Gasteiger partial charge on any atom is -0.444 e. The molecule has 1 N–H and O–H groups in total. The van der Waals surface area contributed by atoms with Crippen LogP contribution in [0.15, 0.2) is 4.52 Å². The summed E-state index contributed by atoms with van der Waals surface area (Å²) >= 11 is 0. The summed E-state index contributed by atoms with van der Waals surface area (Å²) in [5, 5.41) is 14.5. The number of aromatic nitrogens is 2. The summed E-state index contributed by atoms with van der Waals surface area (Å²) in [7, 11) is 0. The van der Waals surface area contributed by atoms with Crippen molar-refractivity contribution in [1.82, 2.24) is 19.9 Å². The molecule has 1 saturated carbocycles. The predicted octanol–water partition coefficient (Wildman–Crippen LogP) is 4.52. The smallest absolute Gasteiger partial charge is 0.410 e. The Morgan fingerprint density at radius 2 is 1.74 bits per heavy atom. The van der Waals surface area contributed by atoms with Gasteiger partial charge in [-0.1, -0.05) is 11.6 Å². The average Bonchev–Trinajstić information content (AvgIpc) is 3.36. The van der Waals surface area contributed by atoms with Crippen LogP contribution in [-0.4, -0.2) is 93.1 Å². The lowest BCUT2D eigenvalue weighted by Crippen LogP contribution is -2.65. The summed E-state index contributed by atoms with van der Waals surface area (Å²) < 4.78 is 86.3. The molecule has 3 atom stereocenters. The number of piperidine rings is 2. The van der Waals surface area contributed by atoms with Crippen molar-refractivity contribution in [2.24, 2.45) is 5.41 Å². The maximum atomic E-state index is 14.6. The van der Waals surface area contributed by atoms with Crippen LogP contribution in [0.5, 0.6) is 0 Å². The summed E-state index contributed by atoms with van der Waals surface area (Å²) in [5.41, 5.74) is -3.88. The van der Waals surface area contributed by atoms with E-state index in [1.807, 2.05) is 0 Å². The number of nitrogens with zero attached hydrogens (tertiary/aromatic N) is 4. The zero-order chi connectivity index (χ0) is 30.7. The molecular weight excluding hydrogens is 571 g/mol. The first-order valence-electron chi connectivity index (χ1n) is 14.3. The maximum Gasteiger partial charge on any atom is 0.410 e. The normalized spacial score (nSPS) is 29.2. The fraction of sp³-hybridized carbons (Fsp3) is 0.852. The minimum absolute atomic E-state index is 0.0341. The van der Waals surface area contributed by atoms with Crippen LogP contribution in [0.3, 0.4) is 0 Å². The lowest BCUT2D eigenvalue weighted by Gasteiger charge is -2.54. The van der Waals surface area contributed by atoms with Gasteiger partial charge in [-0.2, -0.15) is 18.2 Å². The third-order valence-corrected chi connectivity index (χ3v) is 9.16. The maximum absolute atomic E-state index is 14.6. The Labute approximate surface area is 239 Å². The lowest BCUT2D eigenvalue weighted by molar-refractivity contribution is -0.207. The number of aliphatic hydroxyl groups excluding tert-OH is 1. The molecule has 0 aromatic carbocycles. The number of amides is 2. The first kappa shape index (κ1) is 30.9. The SMILES string of the molecule is CC(C)(C)OC(=O)N1CC2(CCC2)[C@H](O)C[C@H]1C(=O)N1CCC(c2noc(C3CCC(F)(F)CO3)n2)(C(F)(F)F)CC1. The second kappa shape index (κ2) is 10.6. The van der Waals surface area contributed by atoms with Gasteiger partial charge in [0.25, 0.3) is 11.8 Å². The van der Waals surface area contributed by atoms with Gasteiger partial charge in [0, 0.05) is 37.9 Å². The fourth-order valence-electron chi connectivity index (χ4n) is 6.44. The Morgan fingerprint density at radius 3 is 2.26 bits per heavy atom. The van der Waals surface area contributed by atoms with Crippen molar-refractivity contribution in [3.8, 4) is 0 Å². The molecule has 4 aliphatic rings. The van der Waals surface area contributed by atoms with Gasteiger partial charge < -0.3 is 24.0 Å². The summed E-state index contributed by atoms with van der Waals surface area (Å²) in [6.45, 7) is 3.69. The predicted molar refractivity (Wildman–Crippen MR) is 134 cm³/mol. The molecule has 1 spiro atoms. The summed E-state index contributed by atoms with van der Waals surface area (Å²) in [6, 6.07) is -1.09. The van der Waals surface area contributed by atoms with Gasteiger partial charge in [0.1, 0.15) is 29.8 Å². The van der Waals surface area contributed by atoms with Gasteiger partial charge in [-0.15, -0.1) is 0 Å². The van der Waals surface area contributed by atoms with Crippen molar-refractivity contribution < 1.29 is 50.6 Å². The second-order valence-electron chi connectivity index (χ2n) is 13.1. The van der Waals surface area contributed by atoms with E-state index in [2.05, 4.69) is 10.1 Å². The monoisotopic (exact) mass is 608 g/mol. The van der Waals surface area contributed by atoms with E-state index in [4.69, 9.17) is 14.0 Å². The number of carbonyl (C=O) groups excluding carboxylic acids is 2. The first-order chi connectivity index (χ1) is 19.5. The largest absolute Gasteiger partial charge is 0.444 e. The van der Waals surface area contributed by atoms with Gasteiger partial charge in [0.05, 0.1) is 6.10 Å². The number of ether oxygens (including phenoxy) is 2. The van der Waals surface area contributed by atoms with Crippen LogP contribution in [0.1, 0.15) is 90.0 Å². The Bertz CT molecular complexity index is 1160. The van der Waals surface area contributed by atoms with Gasteiger partial charge in [0.15, 0.2) is 5.82 Å². The summed E-state index contributed by atoms with van der Waals surface area (Å²) in [5.74, 6) is -4.52. The van der Waals surface area contributed by atoms with Crippen LogP contribution in [0, 0.1) is 5.41 Å². The number of carbonyl (C=O) groups is 2. The zero-order valence-corrected chi connectivity index (χ0v) is 23.9. The van der Waals surface area contributed by atoms with Gasteiger partial charge in [-0.3, -0.25) is 9.69 Å². The third-order valence-electron chi connectivity index (χ3n) is 9.16. The van der Waals surface area contributed by atoms with Gasteiger partial charge in [-0.25, -0.2) is 13.6 Å². The minimum atomic E-state index is -4.80. The number of rotatable bonds is 3. The lowest BCUT2D eigenvalue weighted by atomic mass is 9.61. The quantitative estimate of drug-likeness (QED) is 0.498. The Morgan fingerprint density at radius 1 is 1.07 bits per heavy atom. The number of halogens is 5. The van der Waals surface area contributed by atoms with Crippen LogP contribution >= 0.6 is 0 Å². The van der Waals surface area contributed by atoms with Crippen molar-refractivity contribution in [3.63, 3.8) is 0 Å². The molecule has 236 valence electrons. The Balaban J connectivity index is 1.32. The molecule has 0 radical (unpaired) electrons. The molecule has 42 heavy (non-hydrogen) atoms. The molecule has 1 aliphatic carbocycles. The van der Waals surface area contributed by atoms with Crippen molar-refractivity contribution in [2.45, 2.75) is 114 Å². The van der Waals surface area contributed by atoms with Crippen LogP contribution in [0.2, 0.25) is 0 Å². The van der Waals surface area contributed by atoms with Crippen molar-refractivity contribution in [1.29, 1.82) is 0 Å².